The van der Waals surface area contributed by atoms with Crippen molar-refractivity contribution in [2.45, 2.75) is 44.8 Å². The zero-order valence-corrected chi connectivity index (χ0v) is 16.3. The number of nitrogens with zero attached hydrogens (tertiary/aromatic N) is 2. The summed E-state index contributed by atoms with van der Waals surface area (Å²) in [5.74, 6) is 3.02. The maximum atomic E-state index is 13.8. The van der Waals surface area contributed by atoms with Crippen LogP contribution in [-0.2, 0) is 4.74 Å². The van der Waals surface area contributed by atoms with Gasteiger partial charge in [0.25, 0.3) is 6.43 Å². The summed E-state index contributed by atoms with van der Waals surface area (Å²) >= 11 is 0. The highest BCUT2D eigenvalue weighted by Gasteiger charge is 2.38. The van der Waals surface area contributed by atoms with Crippen LogP contribution in [-0.4, -0.2) is 40.3 Å². The Labute approximate surface area is 168 Å². The van der Waals surface area contributed by atoms with Crippen LogP contribution in [0.25, 0.3) is 11.3 Å². The normalized spacial score (nSPS) is 20.8. The van der Waals surface area contributed by atoms with E-state index in [4.69, 9.17) is 15.9 Å². The fourth-order valence-corrected chi connectivity index (χ4v) is 3.28. The summed E-state index contributed by atoms with van der Waals surface area (Å²) in [6, 6.07) is 6.04. The fourth-order valence-electron chi connectivity index (χ4n) is 3.28. The van der Waals surface area contributed by atoms with Crippen molar-refractivity contribution in [3.8, 4) is 29.4 Å². The molecule has 2 N–H and O–H groups in total. The summed E-state index contributed by atoms with van der Waals surface area (Å²) in [5.41, 5.74) is -0.0985. The number of hydrogen-bond acceptors (Lipinski definition) is 6. The van der Waals surface area contributed by atoms with Gasteiger partial charge in [0.1, 0.15) is 17.3 Å². The van der Waals surface area contributed by atoms with Gasteiger partial charge in [0.15, 0.2) is 6.79 Å². The molecule has 1 aliphatic carbocycles. The van der Waals surface area contributed by atoms with E-state index in [1.54, 1.807) is 25.1 Å². The molecule has 0 amide bonds. The van der Waals surface area contributed by atoms with Crippen LogP contribution in [0, 0.1) is 12.3 Å². The van der Waals surface area contributed by atoms with Gasteiger partial charge in [-0.25, -0.2) is 8.78 Å². The van der Waals surface area contributed by atoms with E-state index < -0.39 is 12.0 Å². The van der Waals surface area contributed by atoms with Gasteiger partial charge in [-0.3, -0.25) is 0 Å². The lowest BCUT2D eigenvalue weighted by molar-refractivity contribution is -0.0235. The van der Waals surface area contributed by atoms with Crippen molar-refractivity contribution in [3.63, 3.8) is 0 Å². The lowest BCUT2D eigenvalue weighted by Crippen LogP contribution is -2.48. The molecule has 1 fully saturated rings. The van der Waals surface area contributed by atoms with E-state index in [-0.39, 0.29) is 29.9 Å². The van der Waals surface area contributed by atoms with E-state index in [0.29, 0.717) is 36.3 Å². The Hall–Kier alpha value is -2.76. The minimum atomic E-state index is -2.77. The maximum absolute atomic E-state index is 13.8. The monoisotopic (exact) mass is 403 g/mol. The van der Waals surface area contributed by atoms with Gasteiger partial charge in [0.2, 0.25) is 0 Å². The number of benzene rings is 1. The van der Waals surface area contributed by atoms with E-state index >= 15 is 0 Å². The van der Waals surface area contributed by atoms with E-state index in [0.717, 1.165) is 0 Å². The number of aromatic nitrogens is 2. The molecule has 0 unspecified atom stereocenters. The Morgan fingerprint density at radius 1 is 1.34 bits per heavy atom. The molecule has 29 heavy (non-hydrogen) atoms. The first-order chi connectivity index (χ1) is 13.8. The van der Waals surface area contributed by atoms with Crippen molar-refractivity contribution in [2.75, 3.05) is 18.7 Å². The Kier molecular flexibility index (Phi) is 6.30. The van der Waals surface area contributed by atoms with Gasteiger partial charge < -0.3 is 19.9 Å². The van der Waals surface area contributed by atoms with Crippen molar-refractivity contribution in [3.05, 3.63) is 35.4 Å². The largest absolute Gasteiger partial charge is 0.467 e. The lowest BCUT2D eigenvalue weighted by Gasteiger charge is -2.41. The highest BCUT2D eigenvalue weighted by molar-refractivity contribution is 5.72. The quantitative estimate of drug-likeness (QED) is 0.397. The zero-order chi connectivity index (χ0) is 21.0. The number of nitrogens with one attached hydrogen (secondary N) is 1. The third-order valence-corrected chi connectivity index (χ3v) is 4.69. The molecule has 154 valence electrons. The second-order valence-corrected chi connectivity index (χ2v) is 7.19. The Bertz CT molecular complexity index is 905. The summed E-state index contributed by atoms with van der Waals surface area (Å²) in [5, 5.41) is 20.9. The van der Waals surface area contributed by atoms with Gasteiger partial charge in [-0.15, -0.1) is 16.6 Å². The molecule has 0 bridgehead atoms. The minimum Gasteiger partial charge on any atom is -0.467 e. The van der Waals surface area contributed by atoms with E-state index in [2.05, 4.69) is 21.4 Å². The molecule has 0 saturated heterocycles. The van der Waals surface area contributed by atoms with Crippen LogP contribution >= 0.6 is 0 Å². The van der Waals surface area contributed by atoms with Gasteiger partial charge >= 0.3 is 0 Å². The smallest absolute Gasteiger partial charge is 0.266 e. The molecule has 0 spiro atoms. The van der Waals surface area contributed by atoms with Crippen LogP contribution in [0.2, 0.25) is 0 Å². The van der Waals surface area contributed by atoms with Crippen molar-refractivity contribution in [2.24, 2.45) is 0 Å². The van der Waals surface area contributed by atoms with Gasteiger partial charge in [0.05, 0.1) is 5.60 Å². The molecule has 0 radical (unpaired) electrons. The number of aliphatic hydroxyl groups is 1. The van der Waals surface area contributed by atoms with Crippen molar-refractivity contribution in [1.82, 2.24) is 10.2 Å². The fraction of sp³-hybridized carbons (Fsp3) is 0.429. The topological polar surface area (TPSA) is 76.5 Å². The number of alkyl halides is 2. The first-order valence-corrected chi connectivity index (χ1v) is 9.29. The molecule has 1 aromatic heterocycles. The van der Waals surface area contributed by atoms with Crippen LogP contribution in [0.1, 0.15) is 44.2 Å². The number of rotatable bonds is 8. The molecule has 3 rings (SSSR count). The summed E-state index contributed by atoms with van der Waals surface area (Å²) in [7, 11) is 0. The van der Waals surface area contributed by atoms with E-state index in [1.165, 1.54) is 6.07 Å². The standard InChI is InChI=1S/C21H23F2N3O3/c1-4-13-6-7-15(17(8-13)29-12-28-5-2)19-16(20(22)23)9-18(25-26-19)24-14-10-21(3,27)11-14/h1,6-9,14,20,27H,5,10-12H2,2-3H3,(H,24,25). The number of anilines is 1. The number of halogens is 2. The Morgan fingerprint density at radius 3 is 2.72 bits per heavy atom. The summed E-state index contributed by atoms with van der Waals surface area (Å²) < 4.78 is 38.4. The maximum Gasteiger partial charge on any atom is 0.266 e. The van der Waals surface area contributed by atoms with Gasteiger partial charge in [-0.2, -0.15) is 0 Å². The molecule has 6 nitrogen and oxygen atoms in total. The second kappa shape index (κ2) is 8.72. The van der Waals surface area contributed by atoms with Crippen LogP contribution in [0.4, 0.5) is 14.6 Å². The molecule has 1 aliphatic rings. The zero-order valence-electron chi connectivity index (χ0n) is 16.3. The average molecular weight is 403 g/mol. The van der Waals surface area contributed by atoms with E-state index in [9.17, 15) is 13.9 Å². The predicted octanol–water partition coefficient (Wildman–Crippen LogP) is 3.76. The van der Waals surface area contributed by atoms with Gasteiger partial charge in [0, 0.05) is 29.3 Å². The van der Waals surface area contributed by atoms with Crippen LogP contribution in [0.3, 0.4) is 0 Å². The third-order valence-electron chi connectivity index (χ3n) is 4.69. The highest BCUT2D eigenvalue weighted by Crippen LogP contribution is 2.38. The van der Waals surface area contributed by atoms with E-state index in [1.807, 2.05) is 6.92 Å². The molecular formula is C21H23F2N3O3. The van der Waals surface area contributed by atoms with Crippen molar-refractivity contribution in [1.29, 1.82) is 0 Å². The Morgan fingerprint density at radius 2 is 2.10 bits per heavy atom. The molecule has 1 aromatic carbocycles. The lowest BCUT2D eigenvalue weighted by atomic mass is 9.77. The third kappa shape index (κ3) is 5.00. The molecule has 2 aromatic rings. The first kappa shape index (κ1) is 21.0. The highest BCUT2D eigenvalue weighted by atomic mass is 19.3. The first-order valence-electron chi connectivity index (χ1n) is 9.29. The van der Waals surface area contributed by atoms with Gasteiger partial charge in [-0.05, 0) is 51.0 Å². The predicted molar refractivity (Wildman–Crippen MR) is 105 cm³/mol. The number of hydrogen-bond donors (Lipinski definition) is 2. The molecule has 0 atom stereocenters. The molecule has 1 saturated carbocycles. The van der Waals surface area contributed by atoms with Crippen molar-refractivity contribution >= 4 is 5.82 Å². The minimum absolute atomic E-state index is 0.0150. The SMILES string of the molecule is C#Cc1ccc(-c2nnc(NC3CC(C)(O)C3)cc2C(F)F)c(OCOCC)c1. The van der Waals surface area contributed by atoms with Crippen LogP contribution < -0.4 is 10.1 Å². The number of terminal acetylenes is 1. The summed E-state index contributed by atoms with van der Waals surface area (Å²) in [6.45, 7) is 3.95. The van der Waals surface area contributed by atoms with Crippen molar-refractivity contribution < 1.29 is 23.4 Å². The second-order valence-electron chi connectivity index (χ2n) is 7.19. The summed E-state index contributed by atoms with van der Waals surface area (Å²) in [6.07, 6.45) is 3.70. The Balaban J connectivity index is 1.92. The molecule has 8 heteroatoms. The average Bonchev–Trinajstić information content (AvgIpc) is 2.66. The molecule has 0 aliphatic heterocycles. The molecule has 1 heterocycles. The van der Waals surface area contributed by atoms with Crippen LogP contribution in [0.5, 0.6) is 5.75 Å². The van der Waals surface area contributed by atoms with Gasteiger partial charge in [-0.1, -0.05) is 5.92 Å². The van der Waals surface area contributed by atoms with Crippen LogP contribution in [0.15, 0.2) is 24.3 Å². The summed E-state index contributed by atoms with van der Waals surface area (Å²) in [4.78, 5) is 0. The number of ether oxygens (including phenoxy) is 2. The molecular weight excluding hydrogens is 380 g/mol.